The second kappa shape index (κ2) is 4.35. The summed E-state index contributed by atoms with van der Waals surface area (Å²) < 4.78 is 15.4. The number of fused-ring (bicyclic) bond motifs is 1. The molecule has 0 radical (unpaired) electrons. The zero-order valence-electron chi connectivity index (χ0n) is 11.4. The van der Waals surface area contributed by atoms with E-state index in [9.17, 15) is 4.39 Å². The summed E-state index contributed by atoms with van der Waals surface area (Å²) >= 11 is 0. The smallest absolute Gasteiger partial charge is 0.125 e. The third-order valence-corrected chi connectivity index (χ3v) is 2.85. The third-order valence-electron chi connectivity index (χ3n) is 2.85. The molecule has 3 nitrogen and oxygen atoms in total. The summed E-state index contributed by atoms with van der Waals surface area (Å²) in [7, 11) is 0. The van der Waals surface area contributed by atoms with Crippen LogP contribution in [0.1, 0.15) is 39.6 Å². The highest BCUT2D eigenvalue weighted by atomic mass is 19.1. The number of aromatic nitrogens is 2. The average Bonchev–Trinajstić information content (AvgIpc) is 2.51. The van der Waals surface area contributed by atoms with Crippen molar-refractivity contribution in [1.29, 1.82) is 0 Å². The van der Waals surface area contributed by atoms with E-state index < -0.39 is 0 Å². The molecule has 0 atom stereocenters. The number of rotatable bonds is 3. The van der Waals surface area contributed by atoms with Gasteiger partial charge in [0, 0.05) is 18.0 Å². The van der Waals surface area contributed by atoms with Crippen LogP contribution in [0.5, 0.6) is 0 Å². The number of halogens is 1. The molecule has 0 saturated carbocycles. The fraction of sp³-hybridized carbons (Fsp3) is 0.500. The van der Waals surface area contributed by atoms with Crippen molar-refractivity contribution in [2.45, 2.75) is 45.7 Å². The first kappa shape index (κ1) is 13.0. The number of benzene rings is 1. The number of hydrogen-bond donors (Lipinski definition) is 1. The highest BCUT2D eigenvalue weighted by Gasteiger charge is 2.20. The van der Waals surface area contributed by atoms with Gasteiger partial charge in [0.1, 0.15) is 11.6 Å². The zero-order chi connectivity index (χ0) is 13.5. The van der Waals surface area contributed by atoms with Gasteiger partial charge < -0.3 is 10.3 Å². The summed E-state index contributed by atoms with van der Waals surface area (Å²) in [5.41, 5.74) is 7.39. The zero-order valence-corrected chi connectivity index (χ0v) is 11.4. The Bertz CT molecular complexity index is 564. The van der Waals surface area contributed by atoms with Crippen LogP contribution < -0.4 is 5.73 Å². The fourth-order valence-electron chi connectivity index (χ4n) is 2.22. The minimum Gasteiger partial charge on any atom is -0.325 e. The van der Waals surface area contributed by atoms with Crippen LogP contribution in [-0.2, 0) is 6.42 Å². The highest BCUT2D eigenvalue weighted by molar-refractivity contribution is 5.76. The van der Waals surface area contributed by atoms with Crippen molar-refractivity contribution in [3.63, 3.8) is 0 Å². The Morgan fingerprint density at radius 1 is 1.39 bits per heavy atom. The molecule has 0 saturated heterocycles. The Morgan fingerprint density at radius 3 is 2.61 bits per heavy atom. The Hall–Kier alpha value is -1.42. The molecular formula is C14H20FN3. The summed E-state index contributed by atoms with van der Waals surface area (Å²) in [4.78, 5) is 4.58. The maximum Gasteiger partial charge on any atom is 0.125 e. The standard InChI is InChI=1S/C14H20FN3/c1-9(2)18-12-7-10(15)5-6-11(12)17-13(18)8-14(3,4)16/h5-7,9H,8,16H2,1-4H3. The molecular weight excluding hydrogens is 229 g/mol. The number of nitrogens with zero attached hydrogens (tertiary/aromatic N) is 2. The fourth-order valence-corrected chi connectivity index (χ4v) is 2.22. The summed E-state index contributed by atoms with van der Waals surface area (Å²) in [5, 5.41) is 0. The van der Waals surface area contributed by atoms with E-state index >= 15 is 0 Å². The van der Waals surface area contributed by atoms with E-state index in [0.717, 1.165) is 16.9 Å². The Morgan fingerprint density at radius 2 is 2.06 bits per heavy atom. The molecule has 0 unspecified atom stereocenters. The second-order valence-electron chi connectivity index (χ2n) is 5.79. The van der Waals surface area contributed by atoms with Gasteiger partial charge >= 0.3 is 0 Å². The Labute approximate surface area is 107 Å². The molecule has 1 aromatic carbocycles. The van der Waals surface area contributed by atoms with Crippen molar-refractivity contribution in [3.05, 3.63) is 29.8 Å². The SMILES string of the molecule is CC(C)n1c(CC(C)(C)N)nc2ccc(F)cc21. The molecule has 0 amide bonds. The van der Waals surface area contributed by atoms with E-state index in [1.54, 1.807) is 6.07 Å². The van der Waals surface area contributed by atoms with Gasteiger partial charge in [-0.2, -0.15) is 0 Å². The van der Waals surface area contributed by atoms with Crippen LogP contribution in [0.15, 0.2) is 18.2 Å². The van der Waals surface area contributed by atoms with Crippen molar-refractivity contribution in [2.24, 2.45) is 5.73 Å². The van der Waals surface area contributed by atoms with E-state index in [2.05, 4.69) is 23.4 Å². The number of nitrogens with two attached hydrogens (primary N) is 1. The van der Waals surface area contributed by atoms with Crippen LogP contribution in [0.2, 0.25) is 0 Å². The maximum atomic E-state index is 13.4. The van der Waals surface area contributed by atoms with Gasteiger partial charge in [-0.05, 0) is 45.9 Å². The van der Waals surface area contributed by atoms with Crippen molar-refractivity contribution in [2.75, 3.05) is 0 Å². The van der Waals surface area contributed by atoms with Gasteiger partial charge in [-0.25, -0.2) is 9.37 Å². The third kappa shape index (κ3) is 2.53. The first-order chi connectivity index (χ1) is 8.28. The molecule has 1 heterocycles. The van der Waals surface area contributed by atoms with E-state index in [0.29, 0.717) is 6.42 Å². The lowest BCUT2D eigenvalue weighted by Crippen LogP contribution is -2.35. The molecule has 18 heavy (non-hydrogen) atoms. The van der Waals surface area contributed by atoms with Gasteiger partial charge in [0.15, 0.2) is 0 Å². The monoisotopic (exact) mass is 249 g/mol. The Balaban J connectivity index is 2.62. The molecule has 1 aromatic heterocycles. The van der Waals surface area contributed by atoms with Gasteiger partial charge in [0.25, 0.3) is 0 Å². The molecule has 0 aliphatic rings. The lowest BCUT2D eigenvalue weighted by molar-refractivity contribution is 0.474. The molecule has 2 aromatic rings. The molecule has 0 bridgehead atoms. The van der Waals surface area contributed by atoms with Gasteiger partial charge in [-0.1, -0.05) is 0 Å². The molecule has 4 heteroatoms. The second-order valence-corrected chi connectivity index (χ2v) is 5.79. The Kier molecular flexibility index (Phi) is 3.15. The van der Waals surface area contributed by atoms with Crippen molar-refractivity contribution in [1.82, 2.24) is 9.55 Å². The molecule has 0 aliphatic carbocycles. The van der Waals surface area contributed by atoms with Crippen LogP contribution in [0.25, 0.3) is 11.0 Å². The summed E-state index contributed by atoms with van der Waals surface area (Å²) in [6, 6.07) is 4.93. The molecule has 0 spiro atoms. The van der Waals surface area contributed by atoms with E-state index in [1.807, 2.05) is 13.8 Å². The largest absolute Gasteiger partial charge is 0.325 e. The minimum absolute atomic E-state index is 0.231. The first-order valence-electron chi connectivity index (χ1n) is 6.23. The van der Waals surface area contributed by atoms with E-state index in [4.69, 9.17) is 5.73 Å². The van der Waals surface area contributed by atoms with Crippen molar-refractivity contribution < 1.29 is 4.39 Å². The molecule has 0 fully saturated rings. The lowest BCUT2D eigenvalue weighted by atomic mass is 10.0. The van der Waals surface area contributed by atoms with E-state index in [1.165, 1.54) is 12.1 Å². The quantitative estimate of drug-likeness (QED) is 0.908. The van der Waals surface area contributed by atoms with Crippen molar-refractivity contribution in [3.8, 4) is 0 Å². The summed E-state index contributed by atoms with van der Waals surface area (Å²) in [5.74, 6) is 0.681. The minimum atomic E-state index is -0.327. The van der Waals surface area contributed by atoms with Gasteiger partial charge in [0.05, 0.1) is 11.0 Å². The predicted octanol–water partition coefficient (Wildman–Crippen LogP) is 3.04. The average molecular weight is 249 g/mol. The number of hydrogen-bond acceptors (Lipinski definition) is 2. The van der Waals surface area contributed by atoms with Crippen LogP contribution in [0.3, 0.4) is 0 Å². The maximum absolute atomic E-state index is 13.4. The normalized spacial score (nSPS) is 12.6. The van der Waals surface area contributed by atoms with Gasteiger partial charge in [-0.15, -0.1) is 0 Å². The predicted molar refractivity (Wildman–Crippen MR) is 72.0 cm³/mol. The van der Waals surface area contributed by atoms with Crippen molar-refractivity contribution >= 4 is 11.0 Å². The molecule has 2 N–H and O–H groups in total. The lowest BCUT2D eigenvalue weighted by Gasteiger charge is -2.20. The summed E-state index contributed by atoms with van der Waals surface area (Å²) in [6.45, 7) is 8.08. The first-order valence-corrected chi connectivity index (χ1v) is 6.23. The number of imidazole rings is 1. The molecule has 0 aliphatic heterocycles. The van der Waals surface area contributed by atoms with Crippen LogP contribution >= 0.6 is 0 Å². The van der Waals surface area contributed by atoms with Gasteiger partial charge in [-0.3, -0.25) is 0 Å². The molecule has 98 valence electrons. The topological polar surface area (TPSA) is 43.8 Å². The van der Waals surface area contributed by atoms with Crippen LogP contribution in [-0.4, -0.2) is 15.1 Å². The van der Waals surface area contributed by atoms with Gasteiger partial charge in [0.2, 0.25) is 0 Å². The van der Waals surface area contributed by atoms with Crippen LogP contribution in [0.4, 0.5) is 4.39 Å². The molecule has 2 rings (SSSR count). The van der Waals surface area contributed by atoms with E-state index in [-0.39, 0.29) is 17.4 Å². The summed E-state index contributed by atoms with van der Waals surface area (Å²) in [6.07, 6.45) is 0.668. The highest BCUT2D eigenvalue weighted by Crippen LogP contribution is 2.24. The van der Waals surface area contributed by atoms with Crippen LogP contribution in [0, 0.1) is 5.82 Å².